The molecule has 0 aliphatic carbocycles. The molecule has 0 bridgehead atoms. The van der Waals surface area contributed by atoms with E-state index in [1.165, 1.54) is 4.68 Å². The van der Waals surface area contributed by atoms with Crippen LogP contribution in [0.25, 0.3) is 0 Å². The van der Waals surface area contributed by atoms with Crippen LogP contribution in [-0.2, 0) is 16.1 Å². The van der Waals surface area contributed by atoms with Crippen molar-refractivity contribution in [2.24, 2.45) is 0 Å². The number of hydrogen-bond acceptors (Lipinski definition) is 6. The van der Waals surface area contributed by atoms with E-state index in [0.29, 0.717) is 12.4 Å². The van der Waals surface area contributed by atoms with Crippen LogP contribution < -0.4 is 11.1 Å². The van der Waals surface area contributed by atoms with E-state index >= 15 is 0 Å². The van der Waals surface area contributed by atoms with Gasteiger partial charge in [-0.15, -0.1) is 0 Å². The van der Waals surface area contributed by atoms with Crippen LogP contribution in [0.5, 0.6) is 0 Å². The number of carbonyl (C=O) groups excluding carboxylic acids is 1. The molecule has 0 aliphatic heterocycles. The number of nitrogens with zero attached hydrogens (tertiary/aromatic N) is 3. The molecule has 0 saturated heterocycles. The first kappa shape index (κ1) is 13.8. The third kappa shape index (κ3) is 3.13. The maximum Gasteiger partial charge on any atom is 0.327 e. The quantitative estimate of drug-likeness (QED) is 0.747. The molecule has 0 aliphatic rings. The van der Waals surface area contributed by atoms with Gasteiger partial charge >= 0.3 is 5.97 Å². The van der Waals surface area contributed by atoms with Crippen molar-refractivity contribution >= 4 is 17.6 Å². The average molecular weight is 251 g/mol. The van der Waals surface area contributed by atoms with Gasteiger partial charge in [0, 0.05) is 6.04 Å². The Bertz CT molecular complexity index is 473. The molecule has 7 nitrogen and oxygen atoms in total. The second kappa shape index (κ2) is 5.91. The number of rotatable bonds is 5. The van der Waals surface area contributed by atoms with Crippen LogP contribution in [0.1, 0.15) is 26.3 Å². The Kier molecular flexibility index (Phi) is 4.54. The molecule has 1 aromatic rings. The second-order valence-corrected chi connectivity index (χ2v) is 3.98. The Labute approximate surface area is 106 Å². The molecule has 0 saturated carbocycles. The molecule has 0 unspecified atom stereocenters. The number of hydrogen-bond donors (Lipinski definition) is 2. The Morgan fingerprint density at radius 1 is 1.67 bits per heavy atom. The van der Waals surface area contributed by atoms with Gasteiger partial charge in [-0.2, -0.15) is 10.4 Å². The summed E-state index contributed by atoms with van der Waals surface area (Å²) in [5.74, 6) is 0.107. The first-order chi connectivity index (χ1) is 8.49. The van der Waals surface area contributed by atoms with Crippen molar-refractivity contribution in [1.29, 1.82) is 5.26 Å². The number of nitrogen functional groups attached to an aromatic ring is 1. The zero-order valence-electron chi connectivity index (χ0n) is 10.7. The fourth-order valence-electron chi connectivity index (χ4n) is 1.41. The highest BCUT2D eigenvalue weighted by atomic mass is 16.5. The Morgan fingerprint density at radius 2 is 2.33 bits per heavy atom. The molecule has 3 N–H and O–H groups in total. The summed E-state index contributed by atoms with van der Waals surface area (Å²) in [7, 11) is 0. The third-order valence-electron chi connectivity index (χ3n) is 2.11. The summed E-state index contributed by atoms with van der Waals surface area (Å²) in [6, 6.07) is 2.09. The Morgan fingerprint density at radius 3 is 2.83 bits per heavy atom. The summed E-state index contributed by atoms with van der Waals surface area (Å²) < 4.78 is 6.07. The van der Waals surface area contributed by atoms with Gasteiger partial charge in [-0.25, -0.2) is 4.68 Å². The molecule has 0 spiro atoms. The predicted molar refractivity (Wildman–Crippen MR) is 66.7 cm³/mol. The van der Waals surface area contributed by atoms with Crippen LogP contribution in [0.4, 0.5) is 11.6 Å². The van der Waals surface area contributed by atoms with Crippen molar-refractivity contribution < 1.29 is 9.53 Å². The van der Waals surface area contributed by atoms with Gasteiger partial charge in [0.15, 0.2) is 5.82 Å². The molecule has 98 valence electrons. The van der Waals surface area contributed by atoms with Crippen LogP contribution in [0.3, 0.4) is 0 Å². The van der Waals surface area contributed by atoms with Gasteiger partial charge in [-0.05, 0) is 20.8 Å². The molecule has 1 aromatic heterocycles. The van der Waals surface area contributed by atoms with Gasteiger partial charge in [0.2, 0.25) is 0 Å². The fraction of sp³-hybridized carbons (Fsp3) is 0.545. The van der Waals surface area contributed by atoms with E-state index in [-0.39, 0.29) is 24.0 Å². The summed E-state index contributed by atoms with van der Waals surface area (Å²) in [5.41, 5.74) is 6.01. The molecule has 18 heavy (non-hydrogen) atoms. The van der Waals surface area contributed by atoms with E-state index in [1.54, 1.807) is 6.92 Å². The van der Waals surface area contributed by atoms with Crippen molar-refractivity contribution in [3.05, 3.63) is 5.56 Å². The number of aromatic nitrogens is 2. The average Bonchev–Trinajstić information content (AvgIpc) is 2.54. The number of carbonyl (C=O) groups is 1. The second-order valence-electron chi connectivity index (χ2n) is 3.98. The highest BCUT2D eigenvalue weighted by molar-refractivity contribution is 5.71. The molecule has 0 fully saturated rings. The lowest BCUT2D eigenvalue weighted by Crippen LogP contribution is -2.16. The number of esters is 1. The molecule has 1 heterocycles. The molecule has 1 rings (SSSR count). The van der Waals surface area contributed by atoms with Crippen LogP contribution in [0, 0.1) is 11.3 Å². The van der Waals surface area contributed by atoms with Crippen molar-refractivity contribution in [1.82, 2.24) is 9.78 Å². The van der Waals surface area contributed by atoms with Crippen molar-refractivity contribution in [2.75, 3.05) is 17.7 Å². The largest absolute Gasteiger partial charge is 0.465 e. The van der Waals surface area contributed by atoms with Crippen LogP contribution >= 0.6 is 0 Å². The summed E-state index contributed by atoms with van der Waals surface area (Å²) in [6.45, 7) is 5.75. The molecule has 0 atom stereocenters. The van der Waals surface area contributed by atoms with Crippen LogP contribution in [-0.4, -0.2) is 28.4 Å². The van der Waals surface area contributed by atoms with Gasteiger partial charge in [0.05, 0.1) is 6.61 Å². The van der Waals surface area contributed by atoms with E-state index in [2.05, 4.69) is 10.4 Å². The lowest BCUT2D eigenvalue weighted by Gasteiger charge is -2.06. The smallest absolute Gasteiger partial charge is 0.327 e. The predicted octanol–water partition coefficient (Wildman–Crippen LogP) is 0.720. The SMILES string of the molecule is CCOC(=O)Cn1nc(NC(C)C)c(C#N)c1N. The molecule has 0 aromatic carbocycles. The highest BCUT2D eigenvalue weighted by Gasteiger charge is 2.17. The first-order valence-electron chi connectivity index (χ1n) is 5.68. The van der Waals surface area contributed by atoms with E-state index < -0.39 is 5.97 Å². The molecule has 0 amide bonds. The molecule has 0 radical (unpaired) electrons. The monoisotopic (exact) mass is 251 g/mol. The maximum absolute atomic E-state index is 11.4. The number of anilines is 2. The number of nitrogens with two attached hydrogens (primary N) is 1. The Hall–Kier alpha value is -2.23. The van der Waals surface area contributed by atoms with Crippen molar-refractivity contribution in [2.45, 2.75) is 33.4 Å². The van der Waals surface area contributed by atoms with E-state index in [0.717, 1.165) is 0 Å². The topological polar surface area (TPSA) is 106 Å². The lowest BCUT2D eigenvalue weighted by molar-refractivity contribution is -0.143. The van der Waals surface area contributed by atoms with Crippen molar-refractivity contribution in [3.8, 4) is 6.07 Å². The number of ether oxygens (including phenoxy) is 1. The summed E-state index contributed by atoms with van der Waals surface area (Å²) in [6.07, 6.45) is 0. The minimum Gasteiger partial charge on any atom is -0.465 e. The molecular formula is C11H17N5O2. The normalized spacial score (nSPS) is 10.2. The minimum absolute atomic E-state index is 0.103. The molecule has 7 heteroatoms. The van der Waals surface area contributed by atoms with Gasteiger partial charge in [-0.3, -0.25) is 4.79 Å². The van der Waals surface area contributed by atoms with E-state index in [1.807, 2.05) is 19.9 Å². The van der Waals surface area contributed by atoms with Crippen LogP contribution in [0.2, 0.25) is 0 Å². The first-order valence-corrected chi connectivity index (χ1v) is 5.68. The van der Waals surface area contributed by atoms with Crippen LogP contribution in [0.15, 0.2) is 0 Å². The van der Waals surface area contributed by atoms with Gasteiger partial charge in [0.1, 0.15) is 24.0 Å². The summed E-state index contributed by atoms with van der Waals surface area (Å²) >= 11 is 0. The lowest BCUT2D eigenvalue weighted by atomic mass is 10.3. The number of nitriles is 1. The third-order valence-corrected chi connectivity index (χ3v) is 2.11. The standard InChI is InChI=1S/C11H17N5O2/c1-4-18-9(17)6-16-10(13)8(5-12)11(15-16)14-7(2)3/h7H,4,6,13H2,1-3H3,(H,14,15). The highest BCUT2D eigenvalue weighted by Crippen LogP contribution is 2.21. The van der Waals surface area contributed by atoms with E-state index in [9.17, 15) is 4.79 Å². The minimum atomic E-state index is -0.438. The van der Waals surface area contributed by atoms with Gasteiger partial charge in [-0.1, -0.05) is 0 Å². The van der Waals surface area contributed by atoms with Gasteiger partial charge in [0.25, 0.3) is 0 Å². The number of nitrogens with one attached hydrogen (secondary N) is 1. The summed E-state index contributed by atoms with van der Waals surface area (Å²) in [5, 5.41) is 16.1. The molecular weight excluding hydrogens is 234 g/mol. The zero-order valence-corrected chi connectivity index (χ0v) is 10.7. The zero-order chi connectivity index (χ0) is 13.7. The van der Waals surface area contributed by atoms with E-state index in [4.69, 9.17) is 15.7 Å². The Balaban J connectivity index is 2.97. The van der Waals surface area contributed by atoms with Gasteiger partial charge < -0.3 is 15.8 Å². The fourth-order valence-corrected chi connectivity index (χ4v) is 1.41. The summed E-state index contributed by atoms with van der Waals surface area (Å²) in [4.78, 5) is 11.4. The van der Waals surface area contributed by atoms with Crippen molar-refractivity contribution in [3.63, 3.8) is 0 Å². The maximum atomic E-state index is 11.4.